The van der Waals surface area contributed by atoms with Crippen LogP contribution in [0.3, 0.4) is 0 Å². The fraction of sp³-hybridized carbons (Fsp3) is 0.231. The summed E-state index contributed by atoms with van der Waals surface area (Å²) in [5.41, 5.74) is 5.64. The van der Waals surface area contributed by atoms with E-state index in [2.05, 4.69) is 29.6 Å². The maximum Gasteiger partial charge on any atom is 0.407 e. The van der Waals surface area contributed by atoms with Crippen molar-refractivity contribution in [3.05, 3.63) is 95.6 Å². The van der Waals surface area contributed by atoms with E-state index >= 15 is 0 Å². The summed E-state index contributed by atoms with van der Waals surface area (Å²) < 4.78 is 5.50. The van der Waals surface area contributed by atoms with Crippen LogP contribution in [0, 0.1) is 5.92 Å². The van der Waals surface area contributed by atoms with Crippen LogP contribution in [0.2, 0.25) is 0 Å². The van der Waals surface area contributed by atoms with Gasteiger partial charge in [-0.05, 0) is 40.7 Å². The van der Waals surface area contributed by atoms with Gasteiger partial charge in [0.25, 0.3) is 0 Å². The number of amides is 1. The average molecular weight is 415 g/mol. The lowest BCUT2D eigenvalue weighted by molar-refractivity contribution is -0.141. The Balaban J connectivity index is 1.30. The Morgan fingerprint density at radius 3 is 2.06 bits per heavy atom. The molecule has 0 aliphatic heterocycles. The maximum absolute atomic E-state index is 12.3. The Bertz CT molecular complexity index is 1020. The summed E-state index contributed by atoms with van der Waals surface area (Å²) in [5.74, 6) is -1.42. The highest BCUT2D eigenvalue weighted by atomic mass is 16.5. The van der Waals surface area contributed by atoms with Crippen LogP contribution in [0.15, 0.2) is 78.9 Å². The molecule has 0 unspecified atom stereocenters. The molecule has 31 heavy (non-hydrogen) atoms. The number of fused-ring (bicyclic) bond motifs is 3. The zero-order chi connectivity index (χ0) is 21.6. The van der Waals surface area contributed by atoms with E-state index in [1.54, 1.807) is 0 Å². The molecule has 0 bridgehead atoms. The summed E-state index contributed by atoms with van der Waals surface area (Å²) in [4.78, 5) is 23.8. The van der Waals surface area contributed by atoms with E-state index in [0.29, 0.717) is 12.8 Å². The van der Waals surface area contributed by atoms with Crippen molar-refractivity contribution in [3.8, 4) is 11.1 Å². The zero-order valence-corrected chi connectivity index (χ0v) is 17.2. The molecule has 3 aromatic carbocycles. The topological polar surface area (TPSA) is 75.6 Å². The quantitative estimate of drug-likeness (QED) is 0.551. The van der Waals surface area contributed by atoms with Gasteiger partial charge in [0.15, 0.2) is 0 Å². The number of carbonyl (C=O) groups excluding carboxylic acids is 1. The second-order valence-electron chi connectivity index (χ2n) is 7.77. The molecule has 0 saturated heterocycles. The van der Waals surface area contributed by atoms with Gasteiger partial charge in [0.2, 0.25) is 0 Å². The first-order valence-electron chi connectivity index (χ1n) is 10.5. The Morgan fingerprint density at radius 1 is 0.871 bits per heavy atom. The molecule has 0 aromatic heterocycles. The van der Waals surface area contributed by atoms with E-state index in [9.17, 15) is 14.7 Å². The van der Waals surface area contributed by atoms with Crippen LogP contribution in [-0.4, -0.2) is 30.3 Å². The minimum Gasteiger partial charge on any atom is -0.481 e. The second kappa shape index (κ2) is 9.47. The van der Waals surface area contributed by atoms with Gasteiger partial charge in [-0.15, -0.1) is 0 Å². The first-order chi connectivity index (χ1) is 15.1. The summed E-state index contributed by atoms with van der Waals surface area (Å²) in [5, 5.41) is 12.2. The van der Waals surface area contributed by atoms with Gasteiger partial charge in [-0.3, -0.25) is 4.79 Å². The smallest absolute Gasteiger partial charge is 0.407 e. The number of benzene rings is 3. The van der Waals surface area contributed by atoms with Crippen molar-refractivity contribution >= 4 is 12.1 Å². The monoisotopic (exact) mass is 415 g/mol. The lowest BCUT2D eigenvalue weighted by atomic mass is 9.96. The zero-order valence-electron chi connectivity index (χ0n) is 17.2. The molecule has 0 spiro atoms. The number of rotatable bonds is 8. The van der Waals surface area contributed by atoms with E-state index in [-0.39, 0.29) is 19.1 Å². The SMILES string of the molecule is O=C(NCC[C@H](Cc1ccccc1)C(=O)O)OCC1c2ccccc2-c2ccccc21. The summed E-state index contributed by atoms with van der Waals surface area (Å²) in [6.07, 6.45) is 0.252. The van der Waals surface area contributed by atoms with Gasteiger partial charge >= 0.3 is 12.1 Å². The molecule has 5 heteroatoms. The van der Waals surface area contributed by atoms with Crippen molar-refractivity contribution in [2.24, 2.45) is 5.92 Å². The van der Waals surface area contributed by atoms with Gasteiger partial charge in [0, 0.05) is 12.5 Å². The number of hydrogen-bond donors (Lipinski definition) is 2. The average Bonchev–Trinajstić information content (AvgIpc) is 3.11. The molecular formula is C26H25NO4. The van der Waals surface area contributed by atoms with Gasteiger partial charge in [-0.1, -0.05) is 78.9 Å². The second-order valence-corrected chi connectivity index (χ2v) is 7.77. The number of aliphatic carboxylic acids is 1. The highest BCUT2D eigenvalue weighted by Crippen LogP contribution is 2.44. The predicted molar refractivity (Wildman–Crippen MR) is 119 cm³/mol. The molecule has 3 aromatic rings. The van der Waals surface area contributed by atoms with Crippen LogP contribution in [0.25, 0.3) is 11.1 Å². The Kier molecular flexibility index (Phi) is 6.32. The number of carboxylic acid groups (broad SMARTS) is 1. The van der Waals surface area contributed by atoms with Crippen molar-refractivity contribution < 1.29 is 19.4 Å². The Labute approximate surface area is 181 Å². The lowest BCUT2D eigenvalue weighted by Gasteiger charge is -2.16. The molecule has 2 N–H and O–H groups in total. The molecule has 158 valence electrons. The van der Waals surface area contributed by atoms with E-state index < -0.39 is 18.0 Å². The number of ether oxygens (including phenoxy) is 1. The number of alkyl carbamates (subject to hydrolysis) is 1. The van der Waals surface area contributed by atoms with Crippen molar-refractivity contribution in [3.63, 3.8) is 0 Å². The van der Waals surface area contributed by atoms with Crippen LogP contribution < -0.4 is 5.32 Å². The van der Waals surface area contributed by atoms with Crippen molar-refractivity contribution in [1.29, 1.82) is 0 Å². The highest BCUT2D eigenvalue weighted by Gasteiger charge is 2.29. The van der Waals surface area contributed by atoms with Crippen molar-refractivity contribution in [2.45, 2.75) is 18.8 Å². The first kappa shape index (κ1) is 20.7. The minimum atomic E-state index is -0.863. The number of hydrogen-bond acceptors (Lipinski definition) is 3. The summed E-state index contributed by atoms with van der Waals surface area (Å²) in [7, 11) is 0. The molecule has 4 rings (SSSR count). The number of carboxylic acids is 1. The first-order valence-corrected chi connectivity index (χ1v) is 10.5. The van der Waals surface area contributed by atoms with Crippen LogP contribution in [-0.2, 0) is 16.0 Å². The molecule has 0 heterocycles. The minimum absolute atomic E-state index is 0.00278. The normalized spacial score (nSPS) is 13.2. The van der Waals surface area contributed by atoms with Gasteiger partial charge < -0.3 is 15.2 Å². The van der Waals surface area contributed by atoms with Gasteiger partial charge in [0.1, 0.15) is 6.61 Å². The highest BCUT2D eigenvalue weighted by molar-refractivity contribution is 5.79. The third kappa shape index (κ3) is 4.77. The lowest BCUT2D eigenvalue weighted by Crippen LogP contribution is -2.30. The van der Waals surface area contributed by atoms with E-state index in [4.69, 9.17) is 4.74 Å². The summed E-state index contributed by atoms with van der Waals surface area (Å²) in [6, 6.07) is 25.9. The van der Waals surface area contributed by atoms with Crippen molar-refractivity contribution in [1.82, 2.24) is 5.32 Å². The molecular weight excluding hydrogens is 390 g/mol. The summed E-state index contributed by atoms with van der Waals surface area (Å²) in [6.45, 7) is 0.493. The summed E-state index contributed by atoms with van der Waals surface area (Å²) >= 11 is 0. The fourth-order valence-electron chi connectivity index (χ4n) is 4.21. The van der Waals surface area contributed by atoms with Crippen LogP contribution in [0.5, 0.6) is 0 Å². The predicted octanol–water partition coefficient (Wildman–Crippen LogP) is 4.86. The molecule has 5 nitrogen and oxygen atoms in total. The number of carbonyl (C=O) groups is 2. The third-order valence-electron chi connectivity index (χ3n) is 5.78. The molecule has 0 fully saturated rings. The van der Waals surface area contributed by atoms with Gasteiger partial charge in [-0.2, -0.15) is 0 Å². The third-order valence-corrected chi connectivity index (χ3v) is 5.78. The molecule has 0 radical (unpaired) electrons. The van der Waals surface area contributed by atoms with E-state index in [1.807, 2.05) is 54.6 Å². The molecule has 1 atom stereocenters. The Hall–Kier alpha value is -3.60. The van der Waals surface area contributed by atoms with Crippen LogP contribution in [0.4, 0.5) is 4.79 Å². The fourth-order valence-corrected chi connectivity index (χ4v) is 4.21. The van der Waals surface area contributed by atoms with Crippen LogP contribution in [0.1, 0.15) is 29.0 Å². The van der Waals surface area contributed by atoms with Gasteiger partial charge in [-0.25, -0.2) is 4.79 Å². The molecule has 1 aliphatic carbocycles. The number of nitrogens with one attached hydrogen (secondary N) is 1. The molecule has 0 saturated carbocycles. The van der Waals surface area contributed by atoms with E-state index in [1.165, 1.54) is 11.1 Å². The van der Waals surface area contributed by atoms with Crippen molar-refractivity contribution in [2.75, 3.05) is 13.2 Å². The molecule has 1 amide bonds. The van der Waals surface area contributed by atoms with Gasteiger partial charge in [0.05, 0.1) is 5.92 Å². The standard InChI is InChI=1S/C26H25NO4/c28-25(29)19(16-18-8-2-1-3-9-18)14-15-27-26(30)31-17-24-22-12-6-4-10-20(22)21-11-5-7-13-23(21)24/h1-13,19,24H,14-17H2,(H,27,30)(H,28,29)/t19-/m1/s1. The van der Waals surface area contributed by atoms with Crippen LogP contribution >= 0.6 is 0 Å². The molecule has 1 aliphatic rings. The largest absolute Gasteiger partial charge is 0.481 e. The Morgan fingerprint density at radius 2 is 1.45 bits per heavy atom. The van der Waals surface area contributed by atoms with E-state index in [0.717, 1.165) is 16.7 Å². The maximum atomic E-state index is 12.3.